The molecule has 2 fully saturated rings. The molecular weight excluding hydrogens is 485 g/mol. The van der Waals surface area contributed by atoms with Gasteiger partial charge in [0, 0.05) is 48.3 Å². The van der Waals surface area contributed by atoms with Gasteiger partial charge in [0.25, 0.3) is 5.69 Å². The summed E-state index contributed by atoms with van der Waals surface area (Å²) in [5, 5.41) is 22.7. The van der Waals surface area contributed by atoms with Gasteiger partial charge in [-0.2, -0.15) is 5.10 Å². The Labute approximate surface area is 221 Å². The fraction of sp³-hybridized carbons (Fsp3) is 0.448. The molecule has 5 rings (SSSR count). The molecule has 1 aromatic heterocycles. The summed E-state index contributed by atoms with van der Waals surface area (Å²) in [7, 11) is 0. The Kier molecular flexibility index (Phi) is 8.12. The molecule has 2 aromatic carbocycles. The van der Waals surface area contributed by atoms with Gasteiger partial charge in [0.05, 0.1) is 16.0 Å². The van der Waals surface area contributed by atoms with Crippen LogP contribution < -0.4 is 5.32 Å². The van der Waals surface area contributed by atoms with Gasteiger partial charge in [-0.25, -0.2) is 4.39 Å². The first-order valence-corrected chi connectivity index (χ1v) is 13.5. The van der Waals surface area contributed by atoms with Gasteiger partial charge in [-0.15, -0.1) is 0 Å². The van der Waals surface area contributed by atoms with Crippen molar-refractivity contribution in [3.05, 3.63) is 75.7 Å². The Morgan fingerprint density at radius 3 is 2.68 bits per heavy atom. The van der Waals surface area contributed by atoms with Crippen LogP contribution in [-0.2, 0) is 4.79 Å². The second kappa shape index (κ2) is 11.9. The van der Waals surface area contributed by atoms with Crippen molar-refractivity contribution >= 4 is 28.6 Å². The quantitative estimate of drug-likeness (QED) is 0.235. The lowest BCUT2D eigenvalue weighted by Crippen LogP contribution is -2.42. The zero-order valence-corrected chi connectivity index (χ0v) is 21.4. The molecule has 9 heteroatoms. The molecule has 0 bridgehead atoms. The number of H-pyrrole nitrogens is 1. The van der Waals surface area contributed by atoms with Crippen molar-refractivity contribution in [2.24, 2.45) is 11.8 Å². The maximum Gasteiger partial charge on any atom is 0.276 e. The summed E-state index contributed by atoms with van der Waals surface area (Å²) in [6.45, 7) is 3.69. The Balaban J connectivity index is 1.12. The van der Waals surface area contributed by atoms with E-state index in [0.29, 0.717) is 35.4 Å². The predicted molar refractivity (Wildman–Crippen MR) is 145 cm³/mol. The highest BCUT2D eigenvalue weighted by Gasteiger charge is 2.30. The number of nitro benzene ring substituents is 1. The molecular formula is C29H34FN5O3. The normalized spacial score (nSPS) is 21.2. The molecule has 0 unspecified atom stereocenters. The Bertz CT molecular complexity index is 1310. The summed E-state index contributed by atoms with van der Waals surface area (Å²) < 4.78 is 13.5. The van der Waals surface area contributed by atoms with Crippen molar-refractivity contribution in [1.29, 1.82) is 0 Å². The molecule has 1 amide bonds. The van der Waals surface area contributed by atoms with Crippen LogP contribution in [0.2, 0.25) is 0 Å². The van der Waals surface area contributed by atoms with Crippen LogP contribution >= 0.6 is 0 Å². The van der Waals surface area contributed by atoms with E-state index in [-0.39, 0.29) is 17.4 Å². The molecule has 0 spiro atoms. The van der Waals surface area contributed by atoms with Crippen molar-refractivity contribution in [3.8, 4) is 0 Å². The SMILES string of the molecule is O=C(C=Cc1ccccc1[N+](=O)[O-])NC[C@@H]1CCCC[C@H]1CN1CCC(c2[nH]nc3cc(F)ccc23)CC1. The van der Waals surface area contributed by atoms with Gasteiger partial charge in [-0.05, 0) is 74.9 Å². The zero-order chi connectivity index (χ0) is 26.5. The fourth-order valence-corrected chi connectivity index (χ4v) is 6.10. The smallest absolute Gasteiger partial charge is 0.276 e. The van der Waals surface area contributed by atoms with E-state index >= 15 is 0 Å². The van der Waals surface area contributed by atoms with Crippen LogP contribution in [0.3, 0.4) is 0 Å². The van der Waals surface area contributed by atoms with Gasteiger partial charge >= 0.3 is 0 Å². The van der Waals surface area contributed by atoms with E-state index in [2.05, 4.69) is 20.4 Å². The van der Waals surface area contributed by atoms with Gasteiger partial charge in [0.15, 0.2) is 0 Å². The Morgan fingerprint density at radius 2 is 1.89 bits per heavy atom. The summed E-state index contributed by atoms with van der Waals surface area (Å²) >= 11 is 0. The van der Waals surface area contributed by atoms with Gasteiger partial charge in [0.1, 0.15) is 5.82 Å². The topological polar surface area (TPSA) is 104 Å². The average molecular weight is 520 g/mol. The van der Waals surface area contributed by atoms with Gasteiger partial charge in [-0.3, -0.25) is 20.0 Å². The zero-order valence-electron chi connectivity index (χ0n) is 21.4. The van der Waals surface area contributed by atoms with Crippen LogP contribution in [0, 0.1) is 27.8 Å². The predicted octanol–water partition coefficient (Wildman–Crippen LogP) is 5.43. The molecule has 1 aliphatic carbocycles. The van der Waals surface area contributed by atoms with E-state index in [0.717, 1.165) is 50.0 Å². The van der Waals surface area contributed by atoms with E-state index < -0.39 is 4.92 Å². The first kappa shape index (κ1) is 26.0. The maximum absolute atomic E-state index is 13.5. The van der Waals surface area contributed by atoms with Crippen LogP contribution in [-0.4, -0.2) is 52.1 Å². The number of fused-ring (bicyclic) bond motifs is 1. The van der Waals surface area contributed by atoms with Crippen molar-refractivity contribution in [2.75, 3.05) is 26.2 Å². The number of nitro groups is 1. The minimum atomic E-state index is -0.439. The highest BCUT2D eigenvalue weighted by Crippen LogP contribution is 2.34. The average Bonchev–Trinajstić information content (AvgIpc) is 3.35. The summed E-state index contributed by atoms with van der Waals surface area (Å²) in [6.07, 6.45) is 9.65. The van der Waals surface area contributed by atoms with E-state index in [1.807, 2.05) is 6.07 Å². The minimum absolute atomic E-state index is 0.0118. The Morgan fingerprint density at radius 1 is 1.13 bits per heavy atom. The van der Waals surface area contributed by atoms with Crippen LogP contribution in [0.4, 0.5) is 10.1 Å². The van der Waals surface area contributed by atoms with Crippen LogP contribution in [0.25, 0.3) is 17.0 Å². The molecule has 1 saturated heterocycles. The molecule has 3 aromatic rings. The lowest BCUT2D eigenvalue weighted by molar-refractivity contribution is -0.385. The standard InChI is InChI=1S/C29H34FN5O3/c30-24-10-11-25-26(17-24)32-33-29(25)21-13-15-34(16-14-21)19-23-7-2-1-6-22(23)18-31-28(36)12-9-20-5-3-4-8-27(20)35(37)38/h3-5,8-12,17,21-23H,1-2,6-7,13-16,18-19H2,(H,31,36)(H,32,33)/t22-,23-/m0/s1. The molecule has 0 radical (unpaired) electrons. The van der Waals surface area contributed by atoms with Crippen molar-refractivity contribution in [3.63, 3.8) is 0 Å². The number of nitrogens with one attached hydrogen (secondary N) is 2. The van der Waals surface area contributed by atoms with E-state index in [4.69, 9.17) is 0 Å². The highest BCUT2D eigenvalue weighted by atomic mass is 19.1. The number of nitrogens with zero attached hydrogens (tertiary/aromatic N) is 3. The number of aromatic nitrogens is 2. The second-order valence-corrected chi connectivity index (χ2v) is 10.6. The van der Waals surface area contributed by atoms with Crippen molar-refractivity contribution in [1.82, 2.24) is 20.4 Å². The number of piperidine rings is 1. The van der Waals surface area contributed by atoms with Crippen LogP contribution in [0.15, 0.2) is 48.5 Å². The number of hydrogen-bond donors (Lipinski definition) is 2. The number of carbonyl (C=O) groups is 1. The summed E-state index contributed by atoms with van der Waals surface area (Å²) in [5.74, 6) is 0.877. The summed E-state index contributed by atoms with van der Waals surface area (Å²) in [4.78, 5) is 25.8. The molecule has 200 valence electrons. The van der Waals surface area contributed by atoms with Gasteiger partial charge in [0.2, 0.25) is 5.91 Å². The fourth-order valence-electron chi connectivity index (χ4n) is 6.10. The maximum atomic E-state index is 13.5. The highest BCUT2D eigenvalue weighted by molar-refractivity contribution is 5.92. The molecule has 1 saturated carbocycles. The third-order valence-corrected chi connectivity index (χ3v) is 8.19. The number of carbonyl (C=O) groups excluding carboxylic acids is 1. The third-order valence-electron chi connectivity index (χ3n) is 8.19. The summed E-state index contributed by atoms with van der Waals surface area (Å²) in [5.41, 5.74) is 2.21. The van der Waals surface area contributed by atoms with Crippen LogP contribution in [0.5, 0.6) is 0 Å². The number of hydrogen-bond acceptors (Lipinski definition) is 5. The van der Waals surface area contributed by atoms with Crippen molar-refractivity contribution < 1.29 is 14.1 Å². The Hall–Kier alpha value is -3.59. The van der Waals surface area contributed by atoms with Gasteiger partial charge < -0.3 is 10.2 Å². The number of likely N-dealkylation sites (tertiary alicyclic amines) is 1. The molecule has 2 N–H and O–H groups in total. The molecule has 2 aliphatic rings. The lowest BCUT2D eigenvalue weighted by Gasteiger charge is -2.38. The van der Waals surface area contributed by atoms with Crippen LogP contribution in [0.1, 0.15) is 55.7 Å². The number of amides is 1. The number of aromatic amines is 1. The lowest BCUT2D eigenvalue weighted by atomic mass is 9.78. The number of halogens is 1. The van der Waals surface area contributed by atoms with Crippen molar-refractivity contribution in [2.45, 2.75) is 44.4 Å². The molecule has 2 atom stereocenters. The first-order valence-electron chi connectivity index (χ1n) is 13.5. The van der Waals surface area contributed by atoms with E-state index in [1.165, 1.54) is 49.6 Å². The first-order chi connectivity index (χ1) is 18.5. The summed E-state index contributed by atoms with van der Waals surface area (Å²) in [6, 6.07) is 11.2. The van der Waals surface area contributed by atoms with E-state index in [9.17, 15) is 19.3 Å². The molecule has 2 heterocycles. The number of rotatable bonds is 8. The molecule has 8 nitrogen and oxygen atoms in total. The van der Waals surface area contributed by atoms with Gasteiger partial charge in [-0.1, -0.05) is 25.0 Å². The molecule has 38 heavy (non-hydrogen) atoms. The minimum Gasteiger partial charge on any atom is -0.352 e. The monoisotopic (exact) mass is 519 g/mol. The number of benzene rings is 2. The second-order valence-electron chi connectivity index (χ2n) is 10.6. The third kappa shape index (κ3) is 6.10. The van der Waals surface area contributed by atoms with E-state index in [1.54, 1.807) is 18.2 Å². The molecule has 1 aliphatic heterocycles. The largest absolute Gasteiger partial charge is 0.352 e. The number of para-hydroxylation sites is 1.